The molecule has 8 heteroatoms. The summed E-state index contributed by atoms with van der Waals surface area (Å²) in [5.41, 5.74) is 6.07. The van der Waals surface area contributed by atoms with Crippen LogP contribution in [0, 0.1) is 0 Å². The fourth-order valence-electron chi connectivity index (χ4n) is 4.33. The van der Waals surface area contributed by atoms with Gasteiger partial charge in [0.15, 0.2) is 11.5 Å². The van der Waals surface area contributed by atoms with Gasteiger partial charge in [-0.25, -0.2) is 9.97 Å². The Hall–Kier alpha value is -4.98. The lowest BCUT2D eigenvalue weighted by atomic mass is 9.87. The van der Waals surface area contributed by atoms with Gasteiger partial charge in [-0.1, -0.05) is 45.0 Å². The van der Waals surface area contributed by atoms with E-state index in [9.17, 15) is 9.59 Å². The third kappa shape index (κ3) is 5.71. The van der Waals surface area contributed by atoms with Crippen LogP contribution >= 0.6 is 0 Å². The largest absolute Gasteiger partial charge is 0.345 e. The highest BCUT2D eigenvalue weighted by atomic mass is 16.2. The molecule has 0 atom stereocenters. The number of anilines is 3. The fourth-order valence-corrected chi connectivity index (χ4v) is 4.33. The molecule has 0 spiro atoms. The summed E-state index contributed by atoms with van der Waals surface area (Å²) in [6.07, 6.45) is 5.47. The number of nitrogens with zero attached hydrogens (tertiary/aromatic N) is 4. The van der Waals surface area contributed by atoms with E-state index in [0.29, 0.717) is 34.0 Å². The van der Waals surface area contributed by atoms with Crippen molar-refractivity contribution in [3.63, 3.8) is 0 Å². The number of fused-ring (bicyclic) bond motifs is 1. The van der Waals surface area contributed by atoms with Gasteiger partial charge in [0.25, 0.3) is 11.8 Å². The molecule has 0 saturated carbocycles. The standard InChI is InChI=1S/C32H32N6O2/c1-32(2,3)24-13-9-21(10-14-24)30(39)35-26-8-6-7-23(19-26)27-20-38-18-17-33-29(38)28(36-27)34-25-15-11-22(12-16-25)31(40)37(4)5/h6-20H,1-5H3,(H,34,36)(H,35,39). The summed E-state index contributed by atoms with van der Waals surface area (Å²) in [6.45, 7) is 6.44. The van der Waals surface area contributed by atoms with Crippen molar-refractivity contribution in [2.24, 2.45) is 0 Å². The van der Waals surface area contributed by atoms with Crippen molar-refractivity contribution in [3.8, 4) is 11.3 Å². The van der Waals surface area contributed by atoms with Crippen LogP contribution < -0.4 is 10.6 Å². The highest BCUT2D eigenvalue weighted by Gasteiger charge is 2.15. The van der Waals surface area contributed by atoms with E-state index in [1.165, 1.54) is 5.56 Å². The first-order valence-corrected chi connectivity index (χ1v) is 13.0. The Bertz CT molecular complexity index is 1680. The van der Waals surface area contributed by atoms with Gasteiger partial charge in [0.05, 0.1) is 5.69 Å². The van der Waals surface area contributed by atoms with Gasteiger partial charge < -0.3 is 19.9 Å². The van der Waals surface area contributed by atoms with E-state index in [4.69, 9.17) is 4.98 Å². The summed E-state index contributed by atoms with van der Waals surface area (Å²) >= 11 is 0. The maximum atomic E-state index is 13.0. The van der Waals surface area contributed by atoms with Crippen LogP contribution in [0.4, 0.5) is 17.2 Å². The molecule has 0 unspecified atom stereocenters. The van der Waals surface area contributed by atoms with Crippen molar-refractivity contribution < 1.29 is 9.59 Å². The molecule has 202 valence electrons. The molecule has 0 fully saturated rings. The molecule has 0 aliphatic rings. The SMILES string of the molecule is CN(C)C(=O)c1ccc(Nc2nc(-c3cccc(NC(=O)c4ccc(C(C)(C)C)cc4)c3)cn3ccnc23)cc1. The van der Waals surface area contributed by atoms with Gasteiger partial charge in [0.2, 0.25) is 0 Å². The summed E-state index contributed by atoms with van der Waals surface area (Å²) in [5.74, 6) is 0.341. The quantitative estimate of drug-likeness (QED) is 0.264. The van der Waals surface area contributed by atoms with Gasteiger partial charge in [0.1, 0.15) is 0 Å². The Balaban J connectivity index is 1.39. The molecule has 0 bridgehead atoms. The number of hydrogen-bond acceptors (Lipinski definition) is 5. The van der Waals surface area contributed by atoms with Crippen LogP contribution in [0.1, 0.15) is 47.1 Å². The molecule has 5 rings (SSSR count). The first-order valence-electron chi connectivity index (χ1n) is 13.0. The van der Waals surface area contributed by atoms with E-state index in [1.54, 1.807) is 37.3 Å². The summed E-state index contributed by atoms with van der Waals surface area (Å²) in [4.78, 5) is 36.0. The lowest BCUT2D eigenvalue weighted by molar-refractivity contribution is 0.0827. The predicted octanol–water partition coefficient (Wildman–Crippen LogP) is 6.39. The molecule has 40 heavy (non-hydrogen) atoms. The van der Waals surface area contributed by atoms with E-state index in [1.807, 2.05) is 77.5 Å². The van der Waals surface area contributed by atoms with Crippen LogP contribution in [0.2, 0.25) is 0 Å². The minimum Gasteiger partial charge on any atom is -0.345 e. The molecule has 0 aliphatic carbocycles. The molecule has 2 N–H and O–H groups in total. The second-order valence-corrected chi connectivity index (χ2v) is 10.9. The third-order valence-corrected chi connectivity index (χ3v) is 6.60. The van der Waals surface area contributed by atoms with E-state index >= 15 is 0 Å². The maximum absolute atomic E-state index is 13.0. The molecule has 0 radical (unpaired) electrons. The first-order chi connectivity index (χ1) is 19.1. The number of rotatable bonds is 6. The average molecular weight is 533 g/mol. The number of benzene rings is 3. The molecule has 0 aliphatic heterocycles. The molecule has 2 amide bonds. The van der Waals surface area contributed by atoms with Crippen LogP contribution in [0.3, 0.4) is 0 Å². The van der Waals surface area contributed by atoms with Crippen molar-refractivity contribution >= 4 is 34.7 Å². The Morgan fingerprint density at radius 3 is 2.25 bits per heavy atom. The highest BCUT2D eigenvalue weighted by Crippen LogP contribution is 2.27. The van der Waals surface area contributed by atoms with E-state index < -0.39 is 0 Å². The Morgan fingerprint density at radius 2 is 1.57 bits per heavy atom. The van der Waals surface area contributed by atoms with Crippen molar-refractivity contribution in [1.29, 1.82) is 0 Å². The van der Waals surface area contributed by atoms with Crippen molar-refractivity contribution in [2.75, 3.05) is 24.7 Å². The lowest BCUT2D eigenvalue weighted by Gasteiger charge is -2.19. The van der Waals surface area contributed by atoms with E-state index in [0.717, 1.165) is 11.3 Å². The van der Waals surface area contributed by atoms with Crippen molar-refractivity contribution in [3.05, 3.63) is 108 Å². The van der Waals surface area contributed by atoms with Crippen LogP contribution in [-0.2, 0) is 5.41 Å². The fraction of sp³-hybridized carbons (Fsp3) is 0.188. The summed E-state index contributed by atoms with van der Waals surface area (Å²) in [5, 5.41) is 6.34. The molecule has 8 nitrogen and oxygen atoms in total. The van der Waals surface area contributed by atoms with Gasteiger partial charge in [-0.3, -0.25) is 9.59 Å². The van der Waals surface area contributed by atoms with Crippen LogP contribution in [0.25, 0.3) is 16.9 Å². The molecule has 2 aromatic heterocycles. The monoisotopic (exact) mass is 532 g/mol. The minimum absolute atomic E-state index is 0.0228. The van der Waals surface area contributed by atoms with Gasteiger partial charge >= 0.3 is 0 Å². The van der Waals surface area contributed by atoms with E-state index in [2.05, 4.69) is 36.4 Å². The van der Waals surface area contributed by atoms with Gasteiger partial charge in [-0.15, -0.1) is 0 Å². The molecule has 3 aromatic carbocycles. The number of aromatic nitrogens is 3. The van der Waals surface area contributed by atoms with Gasteiger partial charge in [-0.2, -0.15) is 0 Å². The number of carbonyl (C=O) groups is 2. The normalized spacial score (nSPS) is 11.3. The second kappa shape index (κ2) is 10.6. The van der Waals surface area contributed by atoms with Crippen LogP contribution in [0.5, 0.6) is 0 Å². The second-order valence-electron chi connectivity index (χ2n) is 10.9. The van der Waals surface area contributed by atoms with Gasteiger partial charge in [0, 0.05) is 60.8 Å². The van der Waals surface area contributed by atoms with Crippen molar-refractivity contribution in [2.45, 2.75) is 26.2 Å². The lowest BCUT2D eigenvalue weighted by Crippen LogP contribution is -2.21. The highest BCUT2D eigenvalue weighted by molar-refractivity contribution is 6.04. The van der Waals surface area contributed by atoms with Crippen molar-refractivity contribution in [1.82, 2.24) is 19.3 Å². The topological polar surface area (TPSA) is 91.6 Å². The molecular weight excluding hydrogens is 500 g/mol. The number of carbonyl (C=O) groups excluding carboxylic acids is 2. The Morgan fingerprint density at radius 1 is 0.875 bits per heavy atom. The number of hydrogen-bond donors (Lipinski definition) is 2. The summed E-state index contributed by atoms with van der Waals surface area (Å²) < 4.78 is 1.90. The first kappa shape index (κ1) is 26.6. The summed E-state index contributed by atoms with van der Waals surface area (Å²) in [7, 11) is 3.45. The predicted molar refractivity (Wildman–Crippen MR) is 159 cm³/mol. The van der Waals surface area contributed by atoms with Gasteiger partial charge in [-0.05, 0) is 59.5 Å². The third-order valence-electron chi connectivity index (χ3n) is 6.60. The maximum Gasteiger partial charge on any atom is 0.255 e. The molecular formula is C32H32N6O2. The van der Waals surface area contributed by atoms with Crippen LogP contribution in [-0.4, -0.2) is 45.2 Å². The van der Waals surface area contributed by atoms with Crippen LogP contribution in [0.15, 0.2) is 91.4 Å². The molecule has 0 saturated heterocycles. The zero-order valence-corrected chi connectivity index (χ0v) is 23.3. The smallest absolute Gasteiger partial charge is 0.255 e. The Kier molecular flexibility index (Phi) is 7.09. The Labute approximate surface area is 233 Å². The number of nitrogens with one attached hydrogen (secondary N) is 2. The summed E-state index contributed by atoms with van der Waals surface area (Å²) in [6, 6.07) is 22.5. The zero-order valence-electron chi connectivity index (χ0n) is 23.3. The zero-order chi connectivity index (χ0) is 28.4. The number of amides is 2. The molecule has 2 heterocycles. The minimum atomic E-state index is -0.172. The number of imidazole rings is 1. The average Bonchev–Trinajstić information content (AvgIpc) is 3.42. The van der Waals surface area contributed by atoms with E-state index in [-0.39, 0.29) is 17.2 Å². The molecule has 5 aromatic rings.